The number of amides is 2. The van der Waals surface area contributed by atoms with Crippen LogP contribution in [0.1, 0.15) is 173 Å². The number of nitrogens with zero attached hydrogens (tertiary/aromatic N) is 1. The number of methoxy groups -OCH3 is 3. The summed E-state index contributed by atoms with van der Waals surface area (Å²) in [5, 5.41) is 12.3. The number of fused-ring (bicyclic) bond motifs is 5. The Hall–Kier alpha value is -5.56. The second-order valence-corrected chi connectivity index (χ2v) is 25.4. The van der Waals surface area contributed by atoms with Crippen molar-refractivity contribution < 1.29 is 52.7 Å². The van der Waals surface area contributed by atoms with Crippen LogP contribution in [0, 0.1) is 51.8 Å². The highest BCUT2D eigenvalue weighted by molar-refractivity contribution is 5.77. The number of unbranched alkanes of at least 4 members (excludes halogenated alkanes) is 2. The molecule has 4 aliphatic carbocycles. The summed E-state index contributed by atoms with van der Waals surface area (Å²) in [6, 6.07) is 23.2. The highest BCUT2D eigenvalue weighted by Crippen LogP contribution is 2.67. The van der Waals surface area contributed by atoms with Gasteiger partial charge in [0.1, 0.15) is 29.0 Å². The molecule has 1 saturated heterocycles. The Bertz CT molecular complexity index is 2440. The Morgan fingerprint density at radius 1 is 0.688 bits per heavy atom. The Labute approximate surface area is 477 Å². The van der Waals surface area contributed by atoms with Gasteiger partial charge in [0.25, 0.3) is 0 Å². The molecule has 13 heteroatoms. The third kappa shape index (κ3) is 13.8. The van der Waals surface area contributed by atoms with Gasteiger partial charge in [0.15, 0.2) is 0 Å². The van der Waals surface area contributed by atoms with Crippen molar-refractivity contribution >= 4 is 23.9 Å². The third-order valence-electron chi connectivity index (χ3n) is 20.2. The molecule has 13 nitrogen and oxygen atoms in total. The molecule has 1 aliphatic heterocycles. The lowest BCUT2D eigenvalue weighted by atomic mass is 9.47. The molecule has 0 radical (unpaired) electrons. The van der Waals surface area contributed by atoms with E-state index in [1.165, 1.54) is 56.9 Å². The summed E-state index contributed by atoms with van der Waals surface area (Å²) in [7, 11) is 4.86. The molecule has 3 saturated carbocycles. The van der Waals surface area contributed by atoms with E-state index in [9.17, 15) is 24.3 Å². The lowest BCUT2D eigenvalue weighted by Gasteiger charge is -2.58. The van der Waals surface area contributed by atoms with Gasteiger partial charge < -0.3 is 43.7 Å². The number of esters is 1. The van der Waals surface area contributed by atoms with E-state index in [0.717, 1.165) is 84.3 Å². The van der Waals surface area contributed by atoms with Gasteiger partial charge in [-0.15, -0.1) is 0 Å². The maximum Gasteiger partial charge on any atom is 0.407 e. The summed E-state index contributed by atoms with van der Waals surface area (Å²) in [6.45, 7) is 13.9. The summed E-state index contributed by atoms with van der Waals surface area (Å²) >= 11 is 0. The molecule has 438 valence electrons. The van der Waals surface area contributed by atoms with E-state index in [0.29, 0.717) is 68.0 Å². The van der Waals surface area contributed by atoms with Gasteiger partial charge in [0.2, 0.25) is 5.91 Å². The van der Waals surface area contributed by atoms with Gasteiger partial charge in [-0.1, -0.05) is 108 Å². The fourth-order valence-electron chi connectivity index (χ4n) is 15.4. The number of hydrogen-bond acceptors (Lipinski definition) is 10. The van der Waals surface area contributed by atoms with Gasteiger partial charge in [0.05, 0.1) is 47.4 Å². The number of nitrogens with one attached hydrogen (secondary N) is 1. The average Bonchev–Trinajstić information content (AvgIpc) is 4.05. The Balaban J connectivity index is 0.829. The Morgan fingerprint density at radius 2 is 1.30 bits per heavy atom. The van der Waals surface area contributed by atoms with Crippen LogP contribution in [0.25, 0.3) is 0 Å². The number of carboxylic acids is 1. The zero-order valence-corrected chi connectivity index (χ0v) is 49.5. The van der Waals surface area contributed by atoms with Crippen LogP contribution in [-0.2, 0) is 34.2 Å². The Kier molecular flexibility index (Phi) is 20.4. The number of benzene rings is 3. The number of allylic oxidation sites excluding steroid dienone is 1. The van der Waals surface area contributed by atoms with E-state index in [4.69, 9.17) is 28.4 Å². The summed E-state index contributed by atoms with van der Waals surface area (Å²) in [5.74, 6) is 5.20. The topological polar surface area (TPSA) is 159 Å². The molecular formula is C67H94N2O11. The van der Waals surface area contributed by atoms with Crippen LogP contribution in [0.2, 0.25) is 0 Å². The summed E-state index contributed by atoms with van der Waals surface area (Å²) in [5.41, 5.74) is 2.78. The van der Waals surface area contributed by atoms with E-state index < -0.39 is 23.0 Å². The van der Waals surface area contributed by atoms with Crippen LogP contribution >= 0.6 is 0 Å². The number of carbonyl (C=O) groups is 4. The predicted octanol–water partition coefficient (Wildman–Crippen LogP) is 13.7. The average molecular weight is 1100 g/mol. The van der Waals surface area contributed by atoms with Gasteiger partial charge in [-0.3, -0.25) is 14.4 Å². The molecule has 5 aliphatic rings. The molecule has 1 heterocycles. The summed E-state index contributed by atoms with van der Waals surface area (Å²) in [4.78, 5) is 53.2. The first-order chi connectivity index (χ1) is 38.4. The van der Waals surface area contributed by atoms with Crippen molar-refractivity contribution in [3.8, 4) is 17.2 Å². The zero-order chi connectivity index (χ0) is 57.1. The molecule has 1 unspecified atom stereocenters. The van der Waals surface area contributed by atoms with E-state index in [2.05, 4.69) is 46.0 Å². The monoisotopic (exact) mass is 1100 g/mol. The van der Waals surface area contributed by atoms with Gasteiger partial charge in [0, 0.05) is 37.9 Å². The molecule has 80 heavy (non-hydrogen) atoms. The number of likely N-dealkylation sites (tertiary alicyclic amines) is 1. The van der Waals surface area contributed by atoms with Crippen LogP contribution in [0.5, 0.6) is 17.2 Å². The second-order valence-electron chi connectivity index (χ2n) is 25.4. The minimum absolute atomic E-state index is 0.00945. The minimum atomic E-state index is -1.18. The first-order valence-corrected chi connectivity index (χ1v) is 30.3. The molecule has 0 spiro atoms. The quantitative estimate of drug-likeness (QED) is 0.0341. The highest BCUT2D eigenvalue weighted by Gasteiger charge is 2.59. The van der Waals surface area contributed by atoms with Crippen LogP contribution in [0.3, 0.4) is 0 Å². The molecule has 8 rings (SSSR count). The van der Waals surface area contributed by atoms with E-state index in [-0.39, 0.29) is 49.6 Å². The molecule has 4 fully saturated rings. The van der Waals surface area contributed by atoms with Crippen molar-refractivity contribution in [3.05, 3.63) is 101 Å². The zero-order valence-electron chi connectivity index (χ0n) is 49.5. The normalized spacial score (nSPS) is 25.5. The number of aliphatic carboxylic acids is 1. The fraction of sp³-hybridized carbons (Fsp3) is 0.642. The summed E-state index contributed by atoms with van der Waals surface area (Å²) < 4.78 is 36.0. The highest BCUT2D eigenvalue weighted by atomic mass is 16.6. The number of ether oxygens (including phenoxy) is 6. The van der Waals surface area contributed by atoms with Gasteiger partial charge in [-0.05, 0) is 170 Å². The molecular weight excluding hydrogens is 1010 g/mol. The van der Waals surface area contributed by atoms with Crippen molar-refractivity contribution in [2.24, 2.45) is 51.8 Å². The third-order valence-corrected chi connectivity index (χ3v) is 20.2. The molecule has 0 bridgehead atoms. The second kappa shape index (κ2) is 27.0. The van der Waals surface area contributed by atoms with Crippen molar-refractivity contribution in [1.29, 1.82) is 0 Å². The lowest BCUT2D eigenvalue weighted by molar-refractivity contribution is -0.157. The van der Waals surface area contributed by atoms with Crippen LogP contribution < -0.4 is 19.5 Å². The molecule has 2 amide bonds. The van der Waals surface area contributed by atoms with Gasteiger partial charge >= 0.3 is 18.0 Å². The van der Waals surface area contributed by atoms with Gasteiger partial charge in [-0.25, -0.2) is 4.79 Å². The van der Waals surface area contributed by atoms with Crippen molar-refractivity contribution in [3.63, 3.8) is 0 Å². The molecule has 3 aromatic carbocycles. The largest absolute Gasteiger partial charge is 0.497 e. The van der Waals surface area contributed by atoms with E-state index in [1.807, 2.05) is 77.7 Å². The SMILES string of the molecule is COc1ccc(C(OCC2(COC(=O)CCC(=O)O)CCN(C(=O)CCCCCNC(=O)OC3CC[C@@]4(C)C(=CC[C@H]5[C@@H]6CC[C@H]([C@H](C)CCCC(C)C)[C@@]6(C)CC[C@@H]54)C3)CC2)(c2ccc(OC)cc2)c2ccc(OC)cc2)cc1. The number of alkyl carbamates (subject to hydrolysis) is 1. The molecule has 3 aromatic rings. The number of rotatable bonds is 26. The first-order valence-electron chi connectivity index (χ1n) is 30.3. The smallest absolute Gasteiger partial charge is 0.407 e. The van der Waals surface area contributed by atoms with E-state index >= 15 is 0 Å². The lowest BCUT2D eigenvalue weighted by Crippen LogP contribution is -2.51. The summed E-state index contributed by atoms with van der Waals surface area (Å²) in [6.07, 6.45) is 18.7. The van der Waals surface area contributed by atoms with Crippen LogP contribution in [-0.4, -0.2) is 94.2 Å². The molecule has 8 atom stereocenters. The Morgan fingerprint density at radius 3 is 1.88 bits per heavy atom. The predicted molar refractivity (Wildman–Crippen MR) is 311 cm³/mol. The van der Waals surface area contributed by atoms with Crippen molar-refractivity contribution in [1.82, 2.24) is 10.2 Å². The fourth-order valence-corrected chi connectivity index (χ4v) is 15.4. The minimum Gasteiger partial charge on any atom is -0.497 e. The molecule has 0 aromatic heterocycles. The van der Waals surface area contributed by atoms with Crippen molar-refractivity contribution in [2.75, 3.05) is 54.2 Å². The van der Waals surface area contributed by atoms with Crippen LogP contribution in [0.4, 0.5) is 4.79 Å². The number of piperidine rings is 1. The molecule has 2 N–H and O–H groups in total. The number of hydrogen-bond donors (Lipinski definition) is 2. The maximum atomic E-state index is 13.8. The number of carboxylic acid groups (broad SMARTS) is 1. The van der Waals surface area contributed by atoms with Crippen LogP contribution in [0.15, 0.2) is 84.4 Å². The first kappa shape index (κ1) is 60.5. The number of carbonyl (C=O) groups excluding carboxylic acids is 3. The van der Waals surface area contributed by atoms with Crippen molar-refractivity contribution in [2.45, 2.75) is 168 Å². The van der Waals surface area contributed by atoms with E-state index in [1.54, 1.807) is 21.3 Å². The van der Waals surface area contributed by atoms with Gasteiger partial charge in [-0.2, -0.15) is 0 Å². The maximum absolute atomic E-state index is 13.8. The standard InChI is InChI=1S/C67H94N2O11/c1-46(2)13-12-14-47(3)57-30-31-58-56-29-22-51-43-55(34-36-64(51,4)59(56)35-37-65(57,58)5)80-63(74)68-40-11-9-10-15-60(70)69-41-38-66(39-42-69,44-78-62(73)33-32-61(71)72)45-79-67(48-16-23-52(75-6)24-17-48,49-18-25-53(76-7)26-19-49)50-20-27-54(77-8)28-21-50/h16-28,46-47,55-59H,9-15,29-45H2,1-8H3,(H,68,74)(H,71,72)/t47-,55?,56+,57-,58+,59+,64+,65-/m1/s1.